The molecule has 0 aliphatic rings. The first kappa shape index (κ1) is 12.8. The highest BCUT2D eigenvalue weighted by Gasteiger charge is 2.05. The highest BCUT2D eigenvalue weighted by atomic mass is 19.1. The van der Waals surface area contributed by atoms with Gasteiger partial charge in [-0.25, -0.2) is 4.39 Å². The van der Waals surface area contributed by atoms with E-state index in [9.17, 15) is 4.39 Å². The molecule has 1 unspecified atom stereocenters. The van der Waals surface area contributed by atoms with Crippen molar-refractivity contribution in [2.75, 3.05) is 0 Å². The van der Waals surface area contributed by atoms with Gasteiger partial charge in [0, 0.05) is 6.04 Å². The van der Waals surface area contributed by atoms with Gasteiger partial charge in [0.15, 0.2) is 0 Å². The summed E-state index contributed by atoms with van der Waals surface area (Å²) in [5.41, 5.74) is 8.32. The second-order valence-electron chi connectivity index (χ2n) is 4.54. The molecule has 2 heteroatoms. The molecule has 1 nitrogen and oxygen atoms in total. The van der Waals surface area contributed by atoms with Gasteiger partial charge in [0.1, 0.15) is 5.82 Å². The smallest absolute Gasteiger partial charge is 0.123 e. The van der Waals surface area contributed by atoms with Crippen LogP contribution in [-0.4, -0.2) is 0 Å². The zero-order valence-corrected chi connectivity index (χ0v) is 10.4. The van der Waals surface area contributed by atoms with E-state index < -0.39 is 0 Å². The number of hydrogen-bond donors (Lipinski definition) is 1. The number of rotatable bonds is 5. The molecule has 2 N–H and O–H groups in total. The zero-order chi connectivity index (χ0) is 12.8. The number of benzene rings is 2. The van der Waals surface area contributed by atoms with E-state index in [1.807, 2.05) is 36.4 Å². The van der Waals surface area contributed by atoms with Crippen LogP contribution < -0.4 is 5.73 Å². The molecule has 2 rings (SSSR count). The SMILES string of the molecule is NC(CCCc1cccc(F)c1)c1ccccc1. The highest BCUT2D eigenvalue weighted by Crippen LogP contribution is 2.17. The van der Waals surface area contributed by atoms with Crippen LogP contribution in [0.3, 0.4) is 0 Å². The van der Waals surface area contributed by atoms with Crippen LogP contribution in [0.25, 0.3) is 0 Å². The fourth-order valence-electron chi connectivity index (χ4n) is 2.09. The van der Waals surface area contributed by atoms with Crippen LogP contribution in [-0.2, 0) is 6.42 Å². The van der Waals surface area contributed by atoms with E-state index in [1.54, 1.807) is 12.1 Å². The van der Waals surface area contributed by atoms with Gasteiger partial charge in [-0.2, -0.15) is 0 Å². The average Bonchev–Trinajstić information content (AvgIpc) is 2.40. The largest absolute Gasteiger partial charge is 0.324 e. The lowest BCUT2D eigenvalue weighted by atomic mass is 10.00. The van der Waals surface area contributed by atoms with E-state index in [2.05, 4.69) is 0 Å². The van der Waals surface area contributed by atoms with E-state index in [0.29, 0.717) is 0 Å². The molecule has 18 heavy (non-hydrogen) atoms. The lowest BCUT2D eigenvalue weighted by Crippen LogP contribution is -2.10. The molecule has 0 heterocycles. The van der Waals surface area contributed by atoms with Crippen LogP contribution in [0.2, 0.25) is 0 Å². The Labute approximate surface area is 107 Å². The van der Waals surface area contributed by atoms with Gasteiger partial charge >= 0.3 is 0 Å². The van der Waals surface area contributed by atoms with Crippen molar-refractivity contribution in [2.24, 2.45) is 5.73 Å². The molecule has 0 saturated carbocycles. The van der Waals surface area contributed by atoms with Crippen molar-refractivity contribution in [3.8, 4) is 0 Å². The average molecular weight is 243 g/mol. The molecule has 0 aromatic heterocycles. The summed E-state index contributed by atoms with van der Waals surface area (Å²) in [6.45, 7) is 0. The van der Waals surface area contributed by atoms with Crippen LogP contribution in [0.1, 0.15) is 30.0 Å². The van der Waals surface area contributed by atoms with Crippen molar-refractivity contribution < 1.29 is 4.39 Å². The number of halogens is 1. The Morgan fingerprint density at radius 1 is 1.00 bits per heavy atom. The van der Waals surface area contributed by atoms with Crippen molar-refractivity contribution in [1.29, 1.82) is 0 Å². The Bertz CT molecular complexity index is 481. The first-order valence-electron chi connectivity index (χ1n) is 6.30. The van der Waals surface area contributed by atoms with Crippen molar-refractivity contribution in [3.63, 3.8) is 0 Å². The van der Waals surface area contributed by atoms with Crippen molar-refractivity contribution in [3.05, 3.63) is 71.5 Å². The van der Waals surface area contributed by atoms with E-state index in [-0.39, 0.29) is 11.9 Å². The fraction of sp³-hybridized carbons (Fsp3) is 0.250. The third kappa shape index (κ3) is 3.67. The van der Waals surface area contributed by atoms with Gasteiger partial charge in [-0.3, -0.25) is 0 Å². The molecule has 94 valence electrons. The summed E-state index contributed by atoms with van der Waals surface area (Å²) < 4.78 is 13.0. The second-order valence-corrected chi connectivity index (χ2v) is 4.54. The highest BCUT2D eigenvalue weighted by molar-refractivity contribution is 5.19. The summed E-state index contributed by atoms with van der Waals surface area (Å²) in [5, 5.41) is 0. The Hall–Kier alpha value is -1.67. The van der Waals surface area contributed by atoms with Gasteiger partial charge in [0.05, 0.1) is 0 Å². The molecule has 2 aromatic carbocycles. The Morgan fingerprint density at radius 3 is 2.50 bits per heavy atom. The van der Waals surface area contributed by atoms with Crippen LogP contribution >= 0.6 is 0 Å². The molecule has 0 fully saturated rings. The lowest BCUT2D eigenvalue weighted by molar-refractivity contribution is 0.603. The summed E-state index contributed by atoms with van der Waals surface area (Å²) in [4.78, 5) is 0. The molecular formula is C16H18FN. The van der Waals surface area contributed by atoms with Gasteiger partial charge in [-0.15, -0.1) is 0 Å². The molecular weight excluding hydrogens is 225 g/mol. The zero-order valence-electron chi connectivity index (χ0n) is 10.4. The molecule has 0 saturated heterocycles. The van der Waals surface area contributed by atoms with Gasteiger partial charge in [-0.1, -0.05) is 42.5 Å². The van der Waals surface area contributed by atoms with Crippen molar-refractivity contribution >= 4 is 0 Å². The van der Waals surface area contributed by atoms with E-state index >= 15 is 0 Å². The molecule has 2 aromatic rings. The van der Waals surface area contributed by atoms with Gasteiger partial charge in [0.2, 0.25) is 0 Å². The minimum Gasteiger partial charge on any atom is -0.324 e. The van der Waals surface area contributed by atoms with Gasteiger partial charge < -0.3 is 5.73 Å². The third-order valence-corrected chi connectivity index (χ3v) is 3.10. The number of hydrogen-bond acceptors (Lipinski definition) is 1. The maximum Gasteiger partial charge on any atom is 0.123 e. The molecule has 0 amide bonds. The predicted octanol–water partition coefficient (Wildman–Crippen LogP) is 3.85. The molecule has 1 atom stereocenters. The summed E-state index contributed by atoms with van der Waals surface area (Å²) in [6.07, 6.45) is 2.76. The quantitative estimate of drug-likeness (QED) is 0.848. The van der Waals surface area contributed by atoms with E-state index in [0.717, 1.165) is 30.4 Å². The summed E-state index contributed by atoms with van der Waals surface area (Å²) in [5.74, 6) is -0.167. The minimum absolute atomic E-state index is 0.0692. The Morgan fingerprint density at radius 2 is 1.78 bits per heavy atom. The first-order valence-corrected chi connectivity index (χ1v) is 6.30. The normalized spacial score (nSPS) is 12.3. The first-order chi connectivity index (χ1) is 8.75. The molecule has 0 spiro atoms. The monoisotopic (exact) mass is 243 g/mol. The Balaban J connectivity index is 1.82. The van der Waals surface area contributed by atoms with Crippen LogP contribution in [0.5, 0.6) is 0 Å². The fourth-order valence-corrected chi connectivity index (χ4v) is 2.09. The van der Waals surface area contributed by atoms with Gasteiger partial charge in [0.25, 0.3) is 0 Å². The van der Waals surface area contributed by atoms with Gasteiger partial charge in [-0.05, 0) is 42.5 Å². The van der Waals surface area contributed by atoms with Crippen molar-refractivity contribution in [1.82, 2.24) is 0 Å². The number of nitrogens with two attached hydrogens (primary N) is 1. The maximum atomic E-state index is 13.0. The van der Waals surface area contributed by atoms with Crippen LogP contribution in [0, 0.1) is 5.82 Å². The Kier molecular flexibility index (Phi) is 4.48. The lowest BCUT2D eigenvalue weighted by Gasteiger charge is -2.11. The molecule has 0 radical (unpaired) electrons. The standard InChI is InChI=1S/C16H18FN/c17-15-10-4-6-13(12-15)7-5-11-16(18)14-8-2-1-3-9-14/h1-4,6,8-10,12,16H,5,7,11,18H2. The van der Waals surface area contributed by atoms with E-state index in [1.165, 1.54) is 6.07 Å². The number of aryl methyl sites for hydroxylation is 1. The van der Waals surface area contributed by atoms with Crippen LogP contribution in [0.4, 0.5) is 4.39 Å². The summed E-state index contributed by atoms with van der Waals surface area (Å²) in [7, 11) is 0. The molecule has 0 bridgehead atoms. The molecule has 0 aliphatic carbocycles. The van der Waals surface area contributed by atoms with Crippen LogP contribution in [0.15, 0.2) is 54.6 Å². The minimum atomic E-state index is -0.167. The predicted molar refractivity (Wildman–Crippen MR) is 72.7 cm³/mol. The molecule has 0 aliphatic heterocycles. The topological polar surface area (TPSA) is 26.0 Å². The summed E-state index contributed by atoms with van der Waals surface area (Å²) >= 11 is 0. The van der Waals surface area contributed by atoms with Crippen molar-refractivity contribution in [2.45, 2.75) is 25.3 Å². The third-order valence-electron chi connectivity index (χ3n) is 3.10. The maximum absolute atomic E-state index is 13.0. The van der Waals surface area contributed by atoms with E-state index in [4.69, 9.17) is 5.73 Å². The second kappa shape index (κ2) is 6.31. The summed E-state index contributed by atoms with van der Waals surface area (Å²) in [6, 6.07) is 16.9.